The summed E-state index contributed by atoms with van der Waals surface area (Å²) in [6.07, 6.45) is -2.04. The average molecular weight is 495 g/mol. The van der Waals surface area contributed by atoms with Gasteiger partial charge >= 0.3 is 0 Å². The topological polar surface area (TPSA) is 84.0 Å². The molecule has 2 saturated heterocycles. The van der Waals surface area contributed by atoms with Gasteiger partial charge in [0.2, 0.25) is 0 Å². The summed E-state index contributed by atoms with van der Waals surface area (Å²) in [5.74, 6) is -1.68. The number of hydrogen-bond acceptors (Lipinski definition) is 7. The van der Waals surface area contributed by atoms with Crippen molar-refractivity contribution in [2.45, 2.75) is 45.3 Å². The van der Waals surface area contributed by atoms with Crippen LogP contribution in [0.5, 0.6) is 0 Å². The normalized spacial score (nSPS) is 22.4. The van der Waals surface area contributed by atoms with Crippen molar-refractivity contribution in [1.82, 2.24) is 14.8 Å². The van der Waals surface area contributed by atoms with Gasteiger partial charge in [0.05, 0.1) is 10.2 Å². The number of nitrogens with zero attached hydrogens (tertiary/aromatic N) is 3. The maximum Gasteiger partial charge on any atom is 0.258 e. The molecule has 0 bridgehead atoms. The Kier molecular flexibility index (Phi) is 6.59. The molecule has 35 heavy (non-hydrogen) atoms. The van der Waals surface area contributed by atoms with Crippen molar-refractivity contribution >= 4 is 38.5 Å². The number of anilines is 1. The van der Waals surface area contributed by atoms with E-state index < -0.39 is 23.9 Å². The highest BCUT2D eigenvalue weighted by atomic mass is 32.1. The van der Waals surface area contributed by atoms with Crippen LogP contribution in [0, 0.1) is 6.92 Å². The van der Waals surface area contributed by atoms with Crippen LogP contribution in [0.15, 0.2) is 48.5 Å². The van der Waals surface area contributed by atoms with E-state index in [2.05, 4.69) is 46.4 Å². The molecule has 8 nitrogen and oxygen atoms in total. The smallest absolute Gasteiger partial charge is 0.258 e. The summed E-state index contributed by atoms with van der Waals surface area (Å²) in [6.45, 7) is 9.07. The van der Waals surface area contributed by atoms with Gasteiger partial charge in [-0.1, -0.05) is 53.3 Å². The summed E-state index contributed by atoms with van der Waals surface area (Å²) in [5.41, 5.74) is 3.32. The highest BCUT2D eigenvalue weighted by Crippen LogP contribution is 2.32. The van der Waals surface area contributed by atoms with Gasteiger partial charge in [0.25, 0.3) is 11.8 Å². The van der Waals surface area contributed by atoms with Gasteiger partial charge in [-0.05, 0) is 38.5 Å². The number of benzene rings is 2. The molecule has 3 heterocycles. The predicted octanol–water partition coefficient (Wildman–Crippen LogP) is 3.41. The Morgan fingerprint density at radius 1 is 1.06 bits per heavy atom. The standard InChI is InChI=1S/C26H30N4O4S/c1-17-7-6-8-18(15-17)16-29-11-13-30(14-12-29)24(32)22-21(33-26(2,3)34-22)23(31)28-25-27-19-9-4-5-10-20(19)35-25/h4-10,15,21-22H,11-14,16H2,1-3H3,(H,27,28,31)/t21-,22-/m1/s1. The van der Waals surface area contributed by atoms with Crippen LogP contribution in [0.4, 0.5) is 5.13 Å². The van der Waals surface area contributed by atoms with E-state index in [1.165, 1.54) is 22.5 Å². The lowest BCUT2D eigenvalue weighted by Gasteiger charge is -2.36. The fraction of sp³-hybridized carbons (Fsp3) is 0.423. The Hall–Kier alpha value is -2.85. The number of aryl methyl sites for hydroxylation is 1. The van der Waals surface area contributed by atoms with Crippen LogP contribution in [0.3, 0.4) is 0 Å². The van der Waals surface area contributed by atoms with Gasteiger partial charge in [0, 0.05) is 32.7 Å². The number of nitrogens with one attached hydrogen (secondary N) is 1. The van der Waals surface area contributed by atoms with Gasteiger partial charge in [0.1, 0.15) is 0 Å². The summed E-state index contributed by atoms with van der Waals surface area (Å²) in [4.78, 5) is 35.1. The zero-order valence-electron chi connectivity index (χ0n) is 20.2. The molecule has 2 aromatic carbocycles. The maximum atomic E-state index is 13.4. The van der Waals surface area contributed by atoms with Crippen molar-refractivity contribution in [1.29, 1.82) is 0 Å². The second-order valence-corrected chi connectivity index (χ2v) is 10.6. The fourth-order valence-electron chi connectivity index (χ4n) is 4.61. The van der Waals surface area contributed by atoms with Crippen molar-refractivity contribution < 1.29 is 19.1 Å². The Morgan fingerprint density at radius 3 is 2.54 bits per heavy atom. The number of para-hydroxylation sites is 1. The number of amides is 2. The molecule has 9 heteroatoms. The first-order valence-electron chi connectivity index (χ1n) is 11.9. The molecule has 2 atom stereocenters. The van der Waals surface area contributed by atoms with Crippen LogP contribution in [0.2, 0.25) is 0 Å². The van der Waals surface area contributed by atoms with Crippen LogP contribution < -0.4 is 5.32 Å². The van der Waals surface area contributed by atoms with E-state index in [4.69, 9.17) is 9.47 Å². The molecule has 2 aliphatic heterocycles. The lowest BCUT2D eigenvalue weighted by atomic mass is 10.1. The zero-order valence-corrected chi connectivity index (χ0v) is 21.0. The van der Waals surface area contributed by atoms with E-state index in [0.29, 0.717) is 18.2 Å². The third-order valence-corrected chi connectivity index (χ3v) is 7.25. The lowest BCUT2D eigenvalue weighted by Crippen LogP contribution is -2.54. The minimum absolute atomic E-state index is 0.213. The molecule has 5 rings (SSSR count). The second-order valence-electron chi connectivity index (χ2n) is 9.54. The first-order chi connectivity index (χ1) is 16.8. The van der Waals surface area contributed by atoms with E-state index in [1.807, 2.05) is 24.3 Å². The molecule has 3 aromatic rings. The first kappa shape index (κ1) is 23.9. The molecular weight excluding hydrogens is 464 g/mol. The quantitative estimate of drug-likeness (QED) is 0.585. The van der Waals surface area contributed by atoms with E-state index in [-0.39, 0.29) is 5.91 Å². The number of ether oxygens (including phenoxy) is 2. The van der Waals surface area contributed by atoms with Gasteiger partial charge in [-0.25, -0.2) is 4.98 Å². The summed E-state index contributed by atoms with van der Waals surface area (Å²) >= 11 is 1.38. The predicted molar refractivity (Wildman–Crippen MR) is 135 cm³/mol. The number of fused-ring (bicyclic) bond motifs is 1. The number of piperazine rings is 1. The highest BCUT2D eigenvalue weighted by Gasteiger charge is 2.50. The SMILES string of the molecule is Cc1cccc(CN2CCN(C(=O)[C@@H]3OC(C)(C)O[C@H]3C(=O)Nc3nc4ccccc4s3)CC2)c1. The van der Waals surface area contributed by atoms with Gasteiger partial charge in [-0.3, -0.25) is 19.8 Å². The van der Waals surface area contributed by atoms with Crippen LogP contribution in [-0.2, 0) is 25.6 Å². The third kappa shape index (κ3) is 5.38. The van der Waals surface area contributed by atoms with Crippen molar-refractivity contribution in [3.05, 3.63) is 59.7 Å². The van der Waals surface area contributed by atoms with Crippen LogP contribution in [0.25, 0.3) is 10.2 Å². The van der Waals surface area contributed by atoms with Crippen molar-refractivity contribution in [3.8, 4) is 0 Å². The van der Waals surface area contributed by atoms with Crippen molar-refractivity contribution in [3.63, 3.8) is 0 Å². The Bertz CT molecular complexity index is 1200. The number of carbonyl (C=O) groups is 2. The number of carbonyl (C=O) groups excluding carboxylic acids is 2. The monoisotopic (exact) mass is 494 g/mol. The largest absolute Gasteiger partial charge is 0.338 e. The molecule has 1 aromatic heterocycles. The summed E-state index contributed by atoms with van der Waals surface area (Å²) in [6, 6.07) is 16.2. The molecular formula is C26H30N4O4S. The van der Waals surface area contributed by atoms with Crippen molar-refractivity contribution in [2.24, 2.45) is 0 Å². The number of rotatable bonds is 5. The van der Waals surface area contributed by atoms with Gasteiger partial charge in [0.15, 0.2) is 23.1 Å². The van der Waals surface area contributed by atoms with E-state index in [1.54, 1.807) is 18.7 Å². The minimum Gasteiger partial charge on any atom is -0.338 e. The molecule has 2 amide bonds. The summed E-state index contributed by atoms with van der Waals surface area (Å²) in [5, 5.41) is 3.29. The third-order valence-electron chi connectivity index (χ3n) is 6.29. The Labute approximate surface area is 208 Å². The molecule has 2 aliphatic rings. The molecule has 0 radical (unpaired) electrons. The van der Waals surface area contributed by atoms with Crippen LogP contribution in [-0.4, -0.2) is 70.8 Å². The zero-order chi connectivity index (χ0) is 24.6. The lowest BCUT2D eigenvalue weighted by molar-refractivity contribution is -0.163. The molecule has 0 unspecified atom stereocenters. The molecule has 1 N–H and O–H groups in total. The van der Waals surface area contributed by atoms with E-state index in [9.17, 15) is 9.59 Å². The first-order valence-corrected chi connectivity index (χ1v) is 12.7. The second kappa shape index (κ2) is 9.66. The number of thiazole rings is 1. The van der Waals surface area contributed by atoms with Crippen LogP contribution in [0.1, 0.15) is 25.0 Å². The van der Waals surface area contributed by atoms with Crippen molar-refractivity contribution in [2.75, 3.05) is 31.5 Å². The molecule has 0 spiro atoms. The van der Waals surface area contributed by atoms with Crippen LogP contribution >= 0.6 is 11.3 Å². The molecule has 2 fully saturated rings. The number of aromatic nitrogens is 1. The highest BCUT2D eigenvalue weighted by molar-refractivity contribution is 7.22. The molecule has 0 aliphatic carbocycles. The fourth-order valence-corrected chi connectivity index (χ4v) is 5.48. The molecule has 0 saturated carbocycles. The Morgan fingerprint density at radius 2 is 1.80 bits per heavy atom. The van der Waals surface area contributed by atoms with E-state index in [0.717, 1.165) is 29.9 Å². The minimum atomic E-state index is -1.05. The van der Waals surface area contributed by atoms with Gasteiger partial charge < -0.3 is 14.4 Å². The van der Waals surface area contributed by atoms with E-state index >= 15 is 0 Å². The Balaban J connectivity index is 1.22. The maximum absolute atomic E-state index is 13.4. The summed E-state index contributed by atoms with van der Waals surface area (Å²) < 4.78 is 12.8. The average Bonchev–Trinajstić information content (AvgIpc) is 3.38. The number of hydrogen-bond donors (Lipinski definition) is 1. The van der Waals surface area contributed by atoms with Gasteiger partial charge in [-0.2, -0.15) is 0 Å². The summed E-state index contributed by atoms with van der Waals surface area (Å²) in [7, 11) is 0. The van der Waals surface area contributed by atoms with Gasteiger partial charge in [-0.15, -0.1) is 0 Å². The molecule has 184 valence electrons.